The van der Waals surface area contributed by atoms with Crippen molar-refractivity contribution in [1.82, 2.24) is 10.6 Å². The van der Waals surface area contributed by atoms with E-state index in [0.29, 0.717) is 6.54 Å². The lowest BCUT2D eigenvalue weighted by molar-refractivity contribution is -0.138. The summed E-state index contributed by atoms with van der Waals surface area (Å²) in [5, 5.41) is 17.2. The van der Waals surface area contributed by atoms with Crippen molar-refractivity contribution in [2.45, 2.75) is 19.5 Å². The standard InChI is InChI=1S/C9H12N2O3S/c1-6(8(12)13)11-9(14)10-4-7-2-3-15-5-7/h2-3,5-6H,4H2,1H3,(H,12,13)(H2,10,11,14). The minimum absolute atomic E-state index is 0.404. The Morgan fingerprint density at radius 2 is 2.33 bits per heavy atom. The van der Waals surface area contributed by atoms with Gasteiger partial charge in [0.2, 0.25) is 0 Å². The van der Waals surface area contributed by atoms with E-state index in [0.717, 1.165) is 5.56 Å². The van der Waals surface area contributed by atoms with E-state index < -0.39 is 18.0 Å². The van der Waals surface area contributed by atoms with Crippen molar-refractivity contribution in [3.63, 3.8) is 0 Å². The molecule has 1 aromatic heterocycles. The third-order valence-electron chi connectivity index (χ3n) is 1.75. The fraction of sp³-hybridized carbons (Fsp3) is 0.333. The van der Waals surface area contributed by atoms with Gasteiger partial charge in [-0.15, -0.1) is 0 Å². The van der Waals surface area contributed by atoms with Gasteiger partial charge in [-0.3, -0.25) is 4.79 Å². The van der Waals surface area contributed by atoms with Crippen molar-refractivity contribution in [1.29, 1.82) is 0 Å². The number of hydrogen-bond donors (Lipinski definition) is 3. The van der Waals surface area contributed by atoms with E-state index in [1.165, 1.54) is 6.92 Å². The van der Waals surface area contributed by atoms with Gasteiger partial charge < -0.3 is 15.7 Å². The number of hydrogen-bond acceptors (Lipinski definition) is 3. The van der Waals surface area contributed by atoms with Gasteiger partial charge in [-0.25, -0.2) is 4.79 Å². The maximum atomic E-state index is 11.2. The third-order valence-corrected chi connectivity index (χ3v) is 2.48. The first-order valence-corrected chi connectivity index (χ1v) is 5.32. The Morgan fingerprint density at radius 3 is 2.87 bits per heavy atom. The fourth-order valence-corrected chi connectivity index (χ4v) is 1.55. The molecule has 1 unspecified atom stereocenters. The Hall–Kier alpha value is -1.56. The van der Waals surface area contributed by atoms with Gasteiger partial charge in [0.15, 0.2) is 0 Å². The highest BCUT2D eigenvalue weighted by Gasteiger charge is 2.12. The summed E-state index contributed by atoms with van der Waals surface area (Å²) in [4.78, 5) is 21.6. The summed E-state index contributed by atoms with van der Waals surface area (Å²) >= 11 is 1.54. The molecule has 82 valence electrons. The van der Waals surface area contributed by atoms with E-state index in [2.05, 4.69) is 10.6 Å². The van der Waals surface area contributed by atoms with Gasteiger partial charge in [0.1, 0.15) is 6.04 Å². The SMILES string of the molecule is CC(NC(=O)NCc1ccsc1)C(=O)O. The molecule has 0 aliphatic rings. The summed E-state index contributed by atoms with van der Waals surface area (Å²) in [6, 6.07) is 0.537. The number of thiophene rings is 1. The van der Waals surface area contributed by atoms with Crippen molar-refractivity contribution in [2.75, 3.05) is 0 Å². The van der Waals surface area contributed by atoms with E-state index in [1.54, 1.807) is 11.3 Å². The third kappa shape index (κ3) is 3.99. The molecule has 0 bridgehead atoms. The zero-order valence-corrected chi connectivity index (χ0v) is 9.00. The Balaban J connectivity index is 2.28. The summed E-state index contributed by atoms with van der Waals surface area (Å²) in [5.74, 6) is -1.05. The van der Waals surface area contributed by atoms with Crippen molar-refractivity contribution in [3.8, 4) is 0 Å². The van der Waals surface area contributed by atoms with Gasteiger partial charge in [0.25, 0.3) is 0 Å². The lowest BCUT2D eigenvalue weighted by Gasteiger charge is -2.09. The zero-order valence-electron chi connectivity index (χ0n) is 8.19. The number of carbonyl (C=O) groups is 2. The number of urea groups is 1. The Bertz CT molecular complexity index is 337. The second-order valence-electron chi connectivity index (χ2n) is 3.02. The van der Waals surface area contributed by atoms with E-state index in [4.69, 9.17) is 5.11 Å². The molecule has 1 rings (SSSR count). The van der Waals surface area contributed by atoms with E-state index in [1.807, 2.05) is 16.8 Å². The maximum absolute atomic E-state index is 11.2. The normalized spacial score (nSPS) is 11.8. The van der Waals surface area contributed by atoms with Gasteiger partial charge >= 0.3 is 12.0 Å². The summed E-state index contributed by atoms with van der Waals surface area (Å²) in [5.41, 5.74) is 0.998. The van der Waals surface area contributed by atoms with Crippen molar-refractivity contribution >= 4 is 23.3 Å². The lowest BCUT2D eigenvalue weighted by atomic mass is 10.3. The number of carbonyl (C=O) groups excluding carboxylic acids is 1. The zero-order chi connectivity index (χ0) is 11.3. The van der Waals surface area contributed by atoms with Crippen LogP contribution in [0.1, 0.15) is 12.5 Å². The predicted octanol–water partition coefficient (Wildman–Crippen LogP) is 1.02. The van der Waals surface area contributed by atoms with Gasteiger partial charge in [0.05, 0.1) is 0 Å². The molecule has 3 N–H and O–H groups in total. The molecule has 0 aliphatic heterocycles. The number of rotatable bonds is 4. The van der Waals surface area contributed by atoms with Crippen LogP contribution in [0.2, 0.25) is 0 Å². The fourth-order valence-electron chi connectivity index (χ4n) is 0.885. The number of amides is 2. The monoisotopic (exact) mass is 228 g/mol. The molecule has 0 spiro atoms. The number of carboxylic acids is 1. The first-order valence-electron chi connectivity index (χ1n) is 4.38. The quantitative estimate of drug-likeness (QED) is 0.720. The van der Waals surface area contributed by atoms with E-state index >= 15 is 0 Å². The highest BCUT2D eigenvalue weighted by molar-refractivity contribution is 7.07. The minimum atomic E-state index is -1.05. The smallest absolute Gasteiger partial charge is 0.325 e. The van der Waals surface area contributed by atoms with Gasteiger partial charge in [-0.05, 0) is 29.3 Å². The largest absolute Gasteiger partial charge is 0.480 e. The van der Waals surface area contributed by atoms with Crippen LogP contribution in [0.5, 0.6) is 0 Å². The Labute approximate surface area is 91.1 Å². The van der Waals surface area contributed by atoms with Crippen LogP contribution in [0.3, 0.4) is 0 Å². The van der Waals surface area contributed by atoms with Crippen LogP contribution >= 0.6 is 11.3 Å². The molecule has 2 amide bonds. The molecule has 0 aromatic carbocycles. The highest BCUT2D eigenvalue weighted by Crippen LogP contribution is 2.04. The molecule has 1 aromatic rings. The van der Waals surface area contributed by atoms with Crippen LogP contribution in [-0.4, -0.2) is 23.1 Å². The number of nitrogens with one attached hydrogen (secondary N) is 2. The lowest BCUT2D eigenvalue weighted by Crippen LogP contribution is -2.44. The van der Waals surface area contributed by atoms with Crippen molar-refractivity contribution < 1.29 is 14.7 Å². The van der Waals surface area contributed by atoms with Crippen molar-refractivity contribution in [3.05, 3.63) is 22.4 Å². The molecule has 0 saturated carbocycles. The van der Waals surface area contributed by atoms with Crippen LogP contribution in [0.25, 0.3) is 0 Å². The van der Waals surface area contributed by atoms with Crippen LogP contribution in [-0.2, 0) is 11.3 Å². The summed E-state index contributed by atoms with van der Waals surface area (Å²) < 4.78 is 0. The summed E-state index contributed by atoms with van der Waals surface area (Å²) in [6.45, 7) is 1.81. The topological polar surface area (TPSA) is 78.4 Å². The molecule has 0 aliphatic carbocycles. The van der Waals surface area contributed by atoms with E-state index in [-0.39, 0.29) is 0 Å². The molecule has 15 heavy (non-hydrogen) atoms. The summed E-state index contributed by atoms with van der Waals surface area (Å²) in [6.07, 6.45) is 0. The van der Waals surface area contributed by atoms with Gasteiger partial charge in [-0.2, -0.15) is 11.3 Å². The Morgan fingerprint density at radius 1 is 1.60 bits per heavy atom. The molecule has 0 saturated heterocycles. The number of carboxylic acid groups (broad SMARTS) is 1. The molecule has 1 atom stereocenters. The summed E-state index contributed by atoms with van der Waals surface area (Å²) in [7, 11) is 0. The van der Waals surface area contributed by atoms with Crippen LogP contribution in [0, 0.1) is 0 Å². The average Bonchev–Trinajstić information content (AvgIpc) is 2.66. The number of aliphatic carboxylic acids is 1. The predicted molar refractivity (Wildman–Crippen MR) is 56.8 cm³/mol. The highest BCUT2D eigenvalue weighted by atomic mass is 32.1. The van der Waals surface area contributed by atoms with Crippen LogP contribution in [0.15, 0.2) is 16.8 Å². The van der Waals surface area contributed by atoms with Gasteiger partial charge in [-0.1, -0.05) is 0 Å². The molecule has 0 fully saturated rings. The van der Waals surface area contributed by atoms with Gasteiger partial charge in [0, 0.05) is 6.54 Å². The minimum Gasteiger partial charge on any atom is -0.480 e. The second kappa shape index (κ2) is 5.35. The maximum Gasteiger partial charge on any atom is 0.325 e. The molecule has 6 heteroatoms. The molecule has 1 heterocycles. The molecule has 5 nitrogen and oxygen atoms in total. The second-order valence-corrected chi connectivity index (χ2v) is 3.80. The Kier molecular flexibility index (Phi) is 4.11. The van der Waals surface area contributed by atoms with E-state index in [9.17, 15) is 9.59 Å². The average molecular weight is 228 g/mol. The van der Waals surface area contributed by atoms with Crippen LogP contribution < -0.4 is 10.6 Å². The first kappa shape index (κ1) is 11.5. The first-order chi connectivity index (χ1) is 7.09. The molecular weight excluding hydrogens is 216 g/mol. The molecular formula is C9H12N2O3S. The van der Waals surface area contributed by atoms with Crippen molar-refractivity contribution in [2.24, 2.45) is 0 Å². The molecule has 0 radical (unpaired) electrons. The van der Waals surface area contributed by atoms with Crippen LogP contribution in [0.4, 0.5) is 4.79 Å².